The number of nitrogens with zero attached hydrogens (tertiary/aromatic N) is 2. The van der Waals surface area contributed by atoms with Gasteiger partial charge in [-0.05, 0) is 32.6 Å². The number of amides is 1. The van der Waals surface area contributed by atoms with Crippen LogP contribution in [0.3, 0.4) is 0 Å². The SMILES string of the molecule is CC(Sc1nnc(C2CC2)o1)C(=O)NCC1CCCO1. The largest absolute Gasteiger partial charge is 0.416 e. The lowest BCUT2D eigenvalue weighted by Crippen LogP contribution is -2.36. The average molecular weight is 297 g/mol. The molecule has 20 heavy (non-hydrogen) atoms. The minimum atomic E-state index is -0.246. The van der Waals surface area contributed by atoms with Crippen molar-refractivity contribution in [1.29, 1.82) is 0 Å². The minimum absolute atomic E-state index is 0.0170. The van der Waals surface area contributed by atoms with Crippen LogP contribution in [-0.2, 0) is 9.53 Å². The summed E-state index contributed by atoms with van der Waals surface area (Å²) in [5.74, 6) is 1.14. The first-order valence-electron chi connectivity index (χ1n) is 7.12. The molecule has 110 valence electrons. The topological polar surface area (TPSA) is 77.2 Å². The van der Waals surface area contributed by atoms with Crippen molar-refractivity contribution in [3.8, 4) is 0 Å². The first-order valence-corrected chi connectivity index (χ1v) is 7.99. The summed E-state index contributed by atoms with van der Waals surface area (Å²) in [5.41, 5.74) is 0. The van der Waals surface area contributed by atoms with Gasteiger partial charge in [0.25, 0.3) is 5.22 Å². The van der Waals surface area contributed by atoms with Gasteiger partial charge in [-0.15, -0.1) is 10.2 Å². The fourth-order valence-electron chi connectivity index (χ4n) is 2.13. The second-order valence-corrected chi connectivity index (χ2v) is 6.61. The first-order chi connectivity index (χ1) is 9.72. The number of carbonyl (C=O) groups excluding carboxylic acids is 1. The molecule has 1 N–H and O–H groups in total. The van der Waals surface area contributed by atoms with Gasteiger partial charge in [0.15, 0.2) is 0 Å². The van der Waals surface area contributed by atoms with Crippen LogP contribution in [0, 0.1) is 0 Å². The minimum Gasteiger partial charge on any atom is -0.416 e. The number of hydrogen-bond acceptors (Lipinski definition) is 6. The maximum atomic E-state index is 12.0. The highest BCUT2D eigenvalue weighted by atomic mass is 32.2. The summed E-state index contributed by atoms with van der Waals surface area (Å²) < 4.78 is 11.0. The highest BCUT2D eigenvalue weighted by molar-refractivity contribution is 8.00. The Balaban J connectivity index is 1.44. The first kappa shape index (κ1) is 13.9. The summed E-state index contributed by atoms with van der Waals surface area (Å²) in [6.07, 6.45) is 4.53. The van der Waals surface area contributed by atoms with E-state index < -0.39 is 0 Å². The van der Waals surface area contributed by atoms with Gasteiger partial charge >= 0.3 is 0 Å². The van der Waals surface area contributed by atoms with E-state index in [1.165, 1.54) is 11.8 Å². The molecule has 0 aromatic carbocycles. The number of hydrogen-bond donors (Lipinski definition) is 1. The van der Waals surface area contributed by atoms with Crippen LogP contribution in [-0.4, -0.2) is 40.6 Å². The zero-order valence-corrected chi connectivity index (χ0v) is 12.3. The van der Waals surface area contributed by atoms with E-state index in [0.29, 0.717) is 23.6 Å². The highest BCUT2D eigenvalue weighted by Gasteiger charge is 2.30. The van der Waals surface area contributed by atoms with Crippen molar-refractivity contribution in [2.24, 2.45) is 0 Å². The quantitative estimate of drug-likeness (QED) is 0.806. The van der Waals surface area contributed by atoms with Gasteiger partial charge in [0.1, 0.15) is 0 Å². The molecule has 3 rings (SSSR count). The van der Waals surface area contributed by atoms with Crippen LogP contribution in [0.1, 0.15) is 44.4 Å². The van der Waals surface area contributed by atoms with E-state index in [2.05, 4.69) is 15.5 Å². The summed E-state index contributed by atoms with van der Waals surface area (Å²) in [7, 11) is 0. The molecule has 7 heteroatoms. The van der Waals surface area contributed by atoms with Gasteiger partial charge in [0.2, 0.25) is 11.8 Å². The molecule has 2 unspecified atom stereocenters. The van der Waals surface area contributed by atoms with E-state index in [9.17, 15) is 4.79 Å². The Bertz CT molecular complexity index is 469. The molecule has 0 radical (unpaired) electrons. The van der Waals surface area contributed by atoms with Gasteiger partial charge in [-0.1, -0.05) is 11.8 Å². The Kier molecular flexibility index (Phi) is 4.26. The second-order valence-electron chi connectivity index (χ2n) is 5.32. The third-order valence-corrected chi connectivity index (χ3v) is 4.46. The molecule has 2 fully saturated rings. The number of nitrogens with one attached hydrogen (secondary N) is 1. The van der Waals surface area contributed by atoms with Gasteiger partial charge in [-0.2, -0.15) is 0 Å². The molecule has 1 aromatic heterocycles. The van der Waals surface area contributed by atoms with Gasteiger partial charge in [-0.3, -0.25) is 4.79 Å². The number of ether oxygens (including phenoxy) is 1. The third-order valence-electron chi connectivity index (χ3n) is 3.52. The van der Waals surface area contributed by atoms with Crippen LogP contribution in [0.2, 0.25) is 0 Å². The number of carbonyl (C=O) groups is 1. The summed E-state index contributed by atoms with van der Waals surface area (Å²) in [6, 6.07) is 0. The molecule has 0 spiro atoms. The van der Waals surface area contributed by atoms with Crippen LogP contribution in [0.25, 0.3) is 0 Å². The fourth-order valence-corrected chi connectivity index (χ4v) is 2.85. The maximum absolute atomic E-state index is 12.0. The predicted molar refractivity (Wildman–Crippen MR) is 73.6 cm³/mol. The molecule has 1 amide bonds. The summed E-state index contributed by atoms with van der Waals surface area (Å²) in [6.45, 7) is 3.23. The molecule has 2 aliphatic rings. The van der Waals surface area contributed by atoms with E-state index >= 15 is 0 Å². The van der Waals surface area contributed by atoms with Crippen molar-refractivity contribution >= 4 is 17.7 Å². The lowest BCUT2D eigenvalue weighted by molar-refractivity contribution is -0.120. The Morgan fingerprint density at radius 1 is 1.45 bits per heavy atom. The summed E-state index contributed by atoms with van der Waals surface area (Å²) in [5, 5.41) is 11.1. The third kappa shape index (κ3) is 3.52. The lowest BCUT2D eigenvalue weighted by Gasteiger charge is -2.13. The Morgan fingerprint density at radius 2 is 2.30 bits per heavy atom. The molecular weight excluding hydrogens is 278 g/mol. The molecule has 0 bridgehead atoms. The monoisotopic (exact) mass is 297 g/mol. The zero-order valence-electron chi connectivity index (χ0n) is 11.5. The van der Waals surface area contributed by atoms with E-state index in [0.717, 1.165) is 32.3 Å². The van der Waals surface area contributed by atoms with Gasteiger partial charge in [0, 0.05) is 19.1 Å². The average Bonchev–Trinajstić information content (AvgIpc) is 2.98. The van der Waals surface area contributed by atoms with Gasteiger partial charge in [-0.25, -0.2) is 0 Å². The molecule has 1 saturated carbocycles. The van der Waals surface area contributed by atoms with Crippen LogP contribution in [0.5, 0.6) is 0 Å². The fraction of sp³-hybridized carbons (Fsp3) is 0.769. The maximum Gasteiger partial charge on any atom is 0.277 e. The molecule has 1 aromatic rings. The Hall–Kier alpha value is -1.08. The Labute approximate surface area is 122 Å². The molecule has 1 saturated heterocycles. The van der Waals surface area contributed by atoms with Crippen LogP contribution >= 0.6 is 11.8 Å². The lowest BCUT2D eigenvalue weighted by atomic mass is 10.2. The van der Waals surface area contributed by atoms with Crippen molar-refractivity contribution in [3.63, 3.8) is 0 Å². The van der Waals surface area contributed by atoms with Crippen molar-refractivity contribution < 1.29 is 13.9 Å². The van der Waals surface area contributed by atoms with Crippen molar-refractivity contribution in [2.75, 3.05) is 13.2 Å². The summed E-state index contributed by atoms with van der Waals surface area (Å²) >= 11 is 1.31. The number of aromatic nitrogens is 2. The molecule has 6 nitrogen and oxygen atoms in total. The molecule has 1 aliphatic heterocycles. The van der Waals surface area contributed by atoms with E-state index in [1.54, 1.807) is 0 Å². The van der Waals surface area contributed by atoms with Crippen LogP contribution in [0.15, 0.2) is 9.64 Å². The zero-order chi connectivity index (χ0) is 13.9. The van der Waals surface area contributed by atoms with Gasteiger partial charge in [0.05, 0.1) is 11.4 Å². The number of thioether (sulfide) groups is 1. The van der Waals surface area contributed by atoms with E-state index in [-0.39, 0.29) is 17.3 Å². The normalized spacial score (nSPS) is 23.8. The van der Waals surface area contributed by atoms with E-state index in [4.69, 9.17) is 9.15 Å². The van der Waals surface area contributed by atoms with Crippen molar-refractivity contribution in [2.45, 2.75) is 55.1 Å². The Morgan fingerprint density at radius 3 is 3.00 bits per heavy atom. The predicted octanol–water partition coefficient (Wildman–Crippen LogP) is 1.72. The van der Waals surface area contributed by atoms with Crippen molar-refractivity contribution in [1.82, 2.24) is 15.5 Å². The standard InChI is InChI=1S/C13H19N3O3S/c1-8(11(17)14-7-10-3-2-6-18-10)20-13-16-15-12(19-13)9-4-5-9/h8-10H,2-7H2,1H3,(H,14,17). The number of rotatable bonds is 6. The smallest absolute Gasteiger partial charge is 0.277 e. The van der Waals surface area contributed by atoms with Crippen LogP contribution in [0.4, 0.5) is 0 Å². The summed E-state index contributed by atoms with van der Waals surface area (Å²) in [4.78, 5) is 12.0. The van der Waals surface area contributed by atoms with Gasteiger partial charge < -0.3 is 14.5 Å². The molecule has 2 heterocycles. The van der Waals surface area contributed by atoms with Crippen LogP contribution < -0.4 is 5.32 Å². The highest BCUT2D eigenvalue weighted by Crippen LogP contribution is 2.40. The molecule has 1 aliphatic carbocycles. The van der Waals surface area contributed by atoms with Crippen molar-refractivity contribution in [3.05, 3.63) is 5.89 Å². The van der Waals surface area contributed by atoms with E-state index in [1.807, 2.05) is 6.92 Å². The molecule has 2 atom stereocenters. The molecular formula is C13H19N3O3S. The second kappa shape index (κ2) is 6.13.